The number of carbonyl (C=O) groups excluding carboxylic acids is 1. The van der Waals surface area contributed by atoms with Gasteiger partial charge >= 0.3 is 0 Å². The number of thiazole rings is 1. The second kappa shape index (κ2) is 9.81. The Morgan fingerprint density at radius 2 is 1.76 bits per heavy atom. The van der Waals surface area contributed by atoms with Crippen molar-refractivity contribution in [2.24, 2.45) is 0 Å². The molecule has 0 spiro atoms. The highest BCUT2D eigenvalue weighted by molar-refractivity contribution is 8.26. The number of ether oxygens (including phenoxy) is 1. The predicted octanol–water partition coefficient (Wildman–Crippen LogP) is 6.39. The van der Waals surface area contributed by atoms with Gasteiger partial charge in [-0.1, -0.05) is 53.4 Å². The summed E-state index contributed by atoms with van der Waals surface area (Å²) < 4.78 is 8.56. The standard InChI is InChI=1S/C27H19N5O2S3/c1-34-20-13-11-17(12-14-20)24-18(16-31(29-24)19-7-3-2-4-8-19)15-23-25(33)32(27(35)37-23)30-26-28-21-9-5-6-10-22(21)36-26/h2-16H,1H3,(H,28,30). The summed E-state index contributed by atoms with van der Waals surface area (Å²) in [6.45, 7) is 0. The van der Waals surface area contributed by atoms with Gasteiger partial charge in [-0.05, 0) is 66.8 Å². The zero-order valence-corrected chi connectivity index (χ0v) is 21.9. The van der Waals surface area contributed by atoms with Crippen molar-refractivity contribution in [2.75, 3.05) is 12.5 Å². The molecule has 0 radical (unpaired) electrons. The molecule has 0 unspecified atom stereocenters. The summed E-state index contributed by atoms with van der Waals surface area (Å²) in [6.07, 6.45) is 3.76. The smallest absolute Gasteiger partial charge is 0.285 e. The summed E-state index contributed by atoms with van der Waals surface area (Å²) in [6, 6.07) is 25.4. The number of hydrogen-bond donors (Lipinski definition) is 1. The summed E-state index contributed by atoms with van der Waals surface area (Å²) in [4.78, 5) is 18.4. The van der Waals surface area contributed by atoms with Crippen molar-refractivity contribution in [1.29, 1.82) is 0 Å². The molecule has 1 N–H and O–H groups in total. The molecule has 0 aliphatic carbocycles. The molecule has 5 aromatic rings. The first kappa shape index (κ1) is 23.4. The maximum absolute atomic E-state index is 13.4. The summed E-state index contributed by atoms with van der Waals surface area (Å²) in [7, 11) is 1.63. The van der Waals surface area contributed by atoms with E-state index in [-0.39, 0.29) is 5.91 Å². The second-order valence-corrected chi connectivity index (χ2v) is 10.8. The Morgan fingerprint density at radius 3 is 2.51 bits per heavy atom. The molecule has 10 heteroatoms. The number of fused-ring (bicyclic) bond motifs is 1. The number of hydrogen-bond acceptors (Lipinski definition) is 8. The molecule has 0 saturated carbocycles. The number of para-hydroxylation sites is 2. The summed E-state index contributed by atoms with van der Waals surface area (Å²) >= 11 is 8.25. The van der Waals surface area contributed by atoms with Gasteiger partial charge in [-0.2, -0.15) is 10.1 Å². The van der Waals surface area contributed by atoms with E-state index in [1.807, 2.05) is 95.8 Å². The molecule has 0 atom stereocenters. The Bertz CT molecular complexity index is 1630. The quantitative estimate of drug-likeness (QED) is 0.197. The molecular formula is C27H19N5O2S3. The largest absolute Gasteiger partial charge is 0.497 e. The van der Waals surface area contributed by atoms with Crippen LogP contribution in [0, 0.1) is 0 Å². The van der Waals surface area contributed by atoms with Crippen LogP contribution in [0.4, 0.5) is 5.13 Å². The summed E-state index contributed by atoms with van der Waals surface area (Å²) in [5.74, 6) is 0.525. The van der Waals surface area contributed by atoms with Crippen LogP contribution in [0.3, 0.4) is 0 Å². The Balaban J connectivity index is 1.35. The lowest BCUT2D eigenvalue weighted by Crippen LogP contribution is -2.33. The lowest BCUT2D eigenvalue weighted by Gasteiger charge is -2.14. The predicted molar refractivity (Wildman–Crippen MR) is 154 cm³/mol. The van der Waals surface area contributed by atoms with E-state index in [0.29, 0.717) is 14.4 Å². The SMILES string of the molecule is COc1ccc(-c2nn(-c3ccccc3)cc2C=C2SC(=S)N(Nc3nc4ccccc4s3)C2=O)cc1. The number of rotatable bonds is 6. The van der Waals surface area contributed by atoms with Gasteiger partial charge in [-0.25, -0.2) is 9.67 Å². The third kappa shape index (κ3) is 4.62. The highest BCUT2D eigenvalue weighted by atomic mass is 32.2. The molecule has 182 valence electrons. The number of anilines is 1. The number of methoxy groups -OCH3 is 1. The van der Waals surface area contributed by atoms with Crippen LogP contribution >= 0.6 is 35.3 Å². The maximum Gasteiger partial charge on any atom is 0.285 e. The number of thiocarbonyl (C=S) groups is 1. The van der Waals surface area contributed by atoms with Gasteiger partial charge in [0.1, 0.15) is 5.75 Å². The first-order chi connectivity index (χ1) is 18.1. The van der Waals surface area contributed by atoms with Crippen molar-refractivity contribution in [3.8, 4) is 22.7 Å². The van der Waals surface area contributed by atoms with Gasteiger partial charge < -0.3 is 4.74 Å². The van der Waals surface area contributed by atoms with Crippen LogP contribution in [0.5, 0.6) is 5.75 Å². The van der Waals surface area contributed by atoms with Gasteiger partial charge in [0.25, 0.3) is 5.91 Å². The number of aromatic nitrogens is 3. The number of carbonyl (C=O) groups is 1. The molecule has 6 rings (SSSR count). The molecule has 7 nitrogen and oxygen atoms in total. The van der Waals surface area contributed by atoms with Crippen LogP contribution in [-0.4, -0.2) is 37.1 Å². The second-order valence-electron chi connectivity index (χ2n) is 8.06. The van der Waals surface area contributed by atoms with E-state index in [2.05, 4.69) is 10.4 Å². The molecule has 1 fully saturated rings. The van der Waals surface area contributed by atoms with Crippen molar-refractivity contribution >= 4 is 67.0 Å². The van der Waals surface area contributed by atoms with Crippen LogP contribution < -0.4 is 10.2 Å². The molecule has 37 heavy (non-hydrogen) atoms. The molecule has 2 aromatic heterocycles. The highest BCUT2D eigenvalue weighted by Gasteiger charge is 2.33. The van der Waals surface area contributed by atoms with Gasteiger partial charge in [-0.3, -0.25) is 10.2 Å². The van der Waals surface area contributed by atoms with Crippen molar-refractivity contribution in [2.45, 2.75) is 0 Å². The summed E-state index contributed by atoms with van der Waals surface area (Å²) in [5.41, 5.74) is 7.33. The van der Waals surface area contributed by atoms with Gasteiger partial charge in [0.2, 0.25) is 5.13 Å². The number of thioether (sulfide) groups is 1. The topological polar surface area (TPSA) is 72.3 Å². The molecule has 0 bridgehead atoms. The van der Waals surface area contributed by atoms with Gasteiger partial charge in [0.15, 0.2) is 4.32 Å². The zero-order chi connectivity index (χ0) is 25.4. The minimum absolute atomic E-state index is 0.234. The fourth-order valence-electron chi connectivity index (χ4n) is 3.90. The average molecular weight is 542 g/mol. The molecule has 1 saturated heterocycles. The number of hydrazine groups is 1. The number of benzene rings is 3. The molecule has 3 heterocycles. The molecular weight excluding hydrogens is 523 g/mol. The van der Waals surface area contributed by atoms with Crippen LogP contribution in [0.1, 0.15) is 5.56 Å². The first-order valence-corrected chi connectivity index (χ1v) is 13.3. The Morgan fingerprint density at radius 1 is 1.00 bits per heavy atom. The fraction of sp³-hybridized carbons (Fsp3) is 0.0370. The lowest BCUT2D eigenvalue weighted by molar-refractivity contribution is -0.121. The van der Waals surface area contributed by atoms with Crippen molar-refractivity contribution in [3.05, 3.63) is 95.5 Å². The van der Waals surface area contributed by atoms with Crippen LogP contribution in [0.15, 0.2) is 90.0 Å². The Hall–Kier alpha value is -3.99. The van der Waals surface area contributed by atoms with E-state index in [1.165, 1.54) is 28.1 Å². The maximum atomic E-state index is 13.4. The van der Waals surface area contributed by atoms with Crippen molar-refractivity contribution < 1.29 is 9.53 Å². The zero-order valence-electron chi connectivity index (χ0n) is 19.5. The first-order valence-electron chi connectivity index (χ1n) is 11.3. The molecule has 3 aromatic carbocycles. The van der Waals surface area contributed by atoms with E-state index in [9.17, 15) is 4.79 Å². The molecule has 1 amide bonds. The van der Waals surface area contributed by atoms with Crippen molar-refractivity contribution in [3.63, 3.8) is 0 Å². The van der Waals surface area contributed by atoms with Gasteiger partial charge in [0, 0.05) is 17.3 Å². The van der Waals surface area contributed by atoms with E-state index >= 15 is 0 Å². The van der Waals surface area contributed by atoms with Gasteiger partial charge in [-0.15, -0.1) is 0 Å². The minimum Gasteiger partial charge on any atom is -0.497 e. The van der Waals surface area contributed by atoms with E-state index in [1.54, 1.807) is 7.11 Å². The fourth-order valence-corrected chi connectivity index (χ4v) is 5.92. The van der Waals surface area contributed by atoms with Crippen molar-refractivity contribution in [1.82, 2.24) is 19.8 Å². The third-order valence-electron chi connectivity index (χ3n) is 5.71. The van der Waals surface area contributed by atoms with Gasteiger partial charge in [0.05, 0.1) is 33.6 Å². The van der Waals surface area contributed by atoms with Crippen LogP contribution in [0.25, 0.3) is 33.2 Å². The van der Waals surface area contributed by atoms with E-state index < -0.39 is 0 Å². The number of nitrogens with zero attached hydrogens (tertiary/aromatic N) is 4. The number of nitrogens with one attached hydrogen (secondary N) is 1. The highest BCUT2D eigenvalue weighted by Crippen LogP contribution is 2.36. The average Bonchev–Trinajstić information content (AvgIpc) is 3.61. The summed E-state index contributed by atoms with van der Waals surface area (Å²) in [5, 5.41) is 6.82. The van der Waals surface area contributed by atoms with Crippen LogP contribution in [0.2, 0.25) is 0 Å². The van der Waals surface area contributed by atoms with E-state index in [0.717, 1.165) is 38.5 Å². The van der Waals surface area contributed by atoms with Crippen LogP contribution in [-0.2, 0) is 4.79 Å². The van der Waals surface area contributed by atoms with E-state index in [4.69, 9.17) is 22.1 Å². The number of amides is 1. The molecule has 1 aliphatic heterocycles. The lowest BCUT2D eigenvalue weighted by atomic mass is 10.1. The third-order valence-corrected chi connectivity index (χ3v) is 7.95. The molecule has 1 aliphatic rings. The minimum atomic E-state index is -0.234. The Labute approximate surface area is 226 Å². The monoisotopic (exact) mass is 541 g/mol. The Kier molecular flexibility index (Phi) is 6.21. The normalized spacial score (nSPS) is 14.6.